The van der Waals surface area contributed by atoms with Gasteiger partial charge in [-0.05, 0) is 98.9 Å². The third-order valence-electron chi connectivity index (χ3n) is 11.2. The van der Waals surface area contributed by atoms with Gasteiger partial charge in [0.25, 0.3) is 0 Å². The standard InChI is InChI=1S/C25H32O3/c1-22-13-24(9-10-24)19(26)12-18(22)14-11-15(14)21-16(22)3-6-23(2)17(21)4-7-25(23)8-5-20(27)28-25/h12,14-17,21H,3-11,13H2,1-2H3/t14-,15?,16?,17?,21?,22-,23+,25-/m1/s1. The SMILES string of the molecule is C[C@]12CC3(CC3)C(=O)C=C1[C@@H]1CC1C1C2CC[C@@]2(C)C1CC[C@@]21CCC(=O)O1. The van der Waals surface area contributed by atoms with Gasteiger partial charge in [-0.25, -0.2) is 0 Å². The van der Waals surface area contributed by atoms with Gasteiger partial charge in [0.15, 0.2) is 5.78 Å². The van der Waals surface area contributed by atoms with E-state index in [2.05, 4.69) is 19.9 Å². The summed E-state index contributed by atoms with van der Waals surface area (Å²) in [6.45, 7) is 5.00. The van der Waals surface area contributed by atoms with E-state index in [1.807, 2.05) is 0 Å². The summed E-state index contributed by atoms with van der Waals surface area (Å²) < 4.78 is 6.10. The zero-order chi connectivity index (χ0) is 19.1. The Kier molecular flexibility index (Phi) is 2.75. The molecule has 1 saturated heterocycles. The van der Waals surface area contributed by atoms with E-state index in [0.717, 1.165) is 49.9 Å². The third-order valence-corrected chi connectivity index (χ3v) is 11.2. The van der Waals surface area contributed by atoms with Crippen LogP contribution in [0.15, 0.2) is 11.6 Å². The van der Waals surface area contributed by atoms with Gasteiger partial charge in [-0.3, -0.25) is 9.59 Å². The van der Waals surface area contributed by atoms with Crippen molar-refractivity contribution in [3.05, 3.63) is 11.6 Å². The molecule has 8 atom stereocenters. The van der Waals surface area contributed by atoms with Gasteiger partial charge in [-0.2, -0.15) is 0 Å². The summed E-state index contributed by atoms with van der Waals surface area (Å²) in [4.78, 5) is 24.9. The second kappa shape index (κ2) is 4.62. The van der Waals surface area contributed by atoms with E-state index in [-0.39, 0.29) is 27.8 Å². The Bertz CT molecular complexity index is 852. The molecular formula is C25H32O3. The summed E-state index contributed by atoms with van der Waals surface area (Å²) in [7, 11) is 0. The maximum atomic E-state index is 12.8. The Morgan fingerprint density at radius 2 is 1.79 bits per heavy atom. The minimum Gasteiger partial charge on any atom is -0.458 e. The van der Waals surface area contributed by atoms with Crippen molar-refractivity contribution in [3.8, 4) is 0 Å². The molecule has 0 radical (unpaired) electrons. The van der Waals surface area contributed by atoms with Gasteiger partial charge in [-0.1, -0.05) is 19.4 Å². The number of carbonyl (C=O) groups is 2. The molecule has 5 saturated carbocycles. The monoisotopic (exact) mass is 380 g/mol. The van der Waals surface area contributed by atoms with Gasteiger partial charge >= 0.3 is 5.97 Å². The van der Waals surface area contributed by atoms with Crippen LogP contribution in [0.25, 0.3) is 0 Å². The molecule has 4 unspecified atom stereocenters. The molecule has 1 aliphatic heterocycles. The molecule has 0 aromatic heterocycles. The molecule has 3 nitrogen and oxygen atoms in total. The fourth-order valence-electron chi connectivity index (χ4n) is 9.63. The van der Waals surface area contributed by atoms with Crippen LogP contribution in [0.1, 0.15) is 78.1 Å². The van der Waals surface area contributed by atoms with Crippen LogP contribution in [0.3, 0.4) is 0 Å². The highest BCUT2D eigenvalue weighted by atomic mass is 16.6. The highest BCUT2D eigenvalue weighted by Gasteiger charge is 2.73. The summed E-state index contributed by atoms with van der Waals surface area (Å²) >= 11 is 0. The number of rotatable bonds is 0. The Balaban J connectivity index is 1.30. The number of ketones is 1. The normalized spacial score (nSPS) is 57.2. The van der Waals surface area contributed by atoms with Gasteiger partial charge < -0.3 is 4.74 Å². The fraction of sp³-hybridized carbons (Fsp3) is 0.840. The fourth-order valence-corrected chi connectivity index (χ4v) is 9.63. The highest BCUT2D eigenvalue weighted by molar-refractivity contribution is 5.99. The minimum absolute atomic E-state index is 0.0170. The number of allylic oxidation sites excluding steroid dienone is 1. The first-order chi connectivity index (χ1) is 13.3. The van der Waals surface area contributed by atoms with Crippen LogP contribution in [0.4, 0.5) is 0 Å². The van der Waals surface area contributed by atoms with Gasteiger partial charge in [0, 0.05) is 17.3 Å². The van der Waals surface area contributed by atoms with Crippen molar-refractivity contribution >= 4 is 11.8 Å². The second-order valence-corrected chi connectivity index (χ2v) is 12.1. The van der Waals surface area contributed by atoms with Crippen molar-refractivity contribution < 1.29 is 14.3 Å². The van der Waals surface area contributed by atoms with E-state index in [9.17, 15) is 9.59 Å². The van der Waals surface area contributed by atoms with Crippen molar-refractivity contribution in [1.82, 2.24) is 0 Å². The quantitative estimate of drug-likeness (QED) is 0.565. The number of ether oxygens (including phenoxy) is 1. The average Bonchev–Trinajstić information content (AvgIpc) is 3.55. The minimum atomic E-state index is -0.165. The number of carbonyl (C=O) groups excluding carboxylic acids is 2. The molecule has 2 spiro atoms. The molecule has 0 N–H and O–H groups in total. The lowest BCUT2D eigenvalue weighted by molar-refractivity contribution is -0.169. The molecular weight excluding hydrogens is 348 g/mol. The van der Waals surface area contributed by atoms with Crippen molar-refractivity contribution in [2.24, 2.45) is 45.8 Å². The predicted octanol–water partition coefficient (Wildman–Crippen LogP) is 4.84. The number of esters is 1. The molecule has 1 heterocycles. The molecule has 0 aromatic carbocycles. The lowest BCUT2D eigenvalue weighted by Crippen LogP contribution is -2.56. The lowest BCUT2D eigenvalue weighted by Gasteiger charge is -2.59. The van der Waals surface area contributed by atoms with Crippen molar-refractivity contribution in [2.45, 2.75) is 83.7 Å². The first kappa shape index (κ1) is 16.7. The Labute approximate surface area is 167 Å². The molecule has 0 amide bonds. The Hall–Kier alpha value is -1.12. The van der Waals surface area contributed by atoms with Crippen molar-refractivity contribution in [3.63, 3.8) is 0 Å². The van der Waals surface area contributed by atoms with Crippen LogP contribution in [0.5, 0.6) is 0 Å². The van der Waals surface area contributed by atoms with Crippen molar-refractivity contribution in [1.29, 1.82) is 0 Å². The summed E-state index contributed by atoms with van der Waals surface area (Å²) in [6, 6.07) is 0. The predicted molar refractivity (Wildman–Crippen MR) is 104 cm³/mol. The first-order valence-corrected chi connectivity index (χ1v) is 11.8. The van der Waals surface area contributed by atoms with Crippen LogP contribution >= 0.6 is 0 Å². The molecule has 0 bridgehead atoms. The van der Waals surface area contributed by atoms with Gasteiger partial charge in [0.1, 0.15) is 5.60 Å². The number of fused-ring (bicyclic) bond motifs is 9. The van der Waals surface area contributed by atoms with Crippen LogP contribution in [-0.2, 0) is 14.3 Å². The van der Waals surface area contributed by atoms with Crippen LogP contribution in [0, 0.1) is 45.8 Å². The van der Waals surface area contributed by atoms with E-state index in [4.69, 9.17) is 4.74 Å². The highest BCUT2D eigenvalue weighted by Crippen LogP contribution is 2.77. The zero-order valence-electron chi connectivity index (χ0n) is 17.3. The van der Waals surface area contributed by atoms with E-state index < -0.39 is 0 Å². The van der Waals surface area contributed by atoms with Gasteiger partial charge in [-0.15, -0.1) is 0 Å². The second-order valence-electron chi connectivity index (χ2n) is 12.1. The Morgan fingerprint density at radius 3 is 2.50 bits per heavy atom. The smallest absolute Gasteiger partial charge is 0.306 e. The van der Waals surface area contributed by atoms with Crippen LogP contribution in [0.2, 0.25) is 0 Å². The molecule has 3 heteroatoms. The van der Waals surface area contributed by atoms with Crippen molar-refractivity contribution in [2.75, 3.05) is 0 Å². The largest absolute Gasteiger partial charge is 0.458 e. The molecule has 6 aliphatic carbocycles. The number of hydrogen-bond acceptors (Lipinski definition) is 3. The first-order valence-electron chi connectivity index (χ1n) is 11.8. The molecule has 7 aliphatic rings. The molecule has 0 aromatic rings. The maximum Gasteiger partial charge on any atom is 0.306 e. The van der Waals surface area contributed by atoms with Gasteiger partial charge in [0.2, 0.25) is 0 Å². The topological polar surface area (TPSA) is 43.4 Å². The van der Waals surface area contributed by atoms with Gasteiger partial charge in [0.05, 0.1) is 0 Å². The number of hydrogen-bond donors (Lipinski definition) is 0. The Morgan fingerprint density at radius 1 is 1.00 bits per heavy atom. The van der Waals surface area contributed by atoms with E-state index >= 15 is 0 Å². The molecule has 6 fully saturated rings. The zero-order valence-corrected chi connectivity index (χ0v) is 17.3. The van der Waals surface area contributed by atoms with E-state index in [0.29, 0.717) is 24.0 Å². The van der Waals surface area contributed by atoms with E-state index in [1.165, 1.54) is 25.7 Å². The summed E-state index contributed by atoms with van der Waals surface area (Å²) in [5, 5.41) is 0. The van der Waals surface area contributed by atoms with Crippen LogP contribution < -0.4 is 0 Å². The van der Waals surface area contributed by atoms with Crippen LogP contribution in [-0.4, -0.2) is 17.4 Å². The molecule has 28 heavy (non-hydrogen) atoms. The maximum absolute atomic E-state index is 12.8. The van der Waals surface area contributed by atoms with E-state index in [1.54, 1.807) is 5.57 Å². The summed E-state index contributed by atoms with van der Waals surface area (Å²) in [5.74, 6) is 4.20. The molecule has 7 rings (SSSR count). The lowest BCUT2D eigenvalue weighted by atomic mass is 9.45. The third kappa shape index (κ3) is 1.68. The summed E-state index contributed by atoms with van der Waals surface area (Å²) in [6.07, 6.45) is 13.2. The molecule has 150 valence electrons. The average molecular weight is 381 g/mol. The summed E-state index contributed by atoms with van der Waals surface area (Å²) in [5.41, 5.74) is 1.82.